The third kappa shape index (κ3) is 1.58. The smallest absolute Gasteiger partial charge is 0.158 e. The molecule has 1 aliphatic heterocycles. The van der Waals surface area contributed by atoms with Crippen LogP contribution in [0.3, 0.4) is 0 Å². The van der Waals surface area contributed by atoms with Crippen LogP contribution in [0.5, 0.6) is 0 Å². The predicted octanol–water partition coefficient (Wildman–Crippen LogP) is 4.02. The number of hydrogen-bond acceptors (Lipinski definition) is 2. The van der Waals surface area contributed by atoms with Crippen LogP contribution in [0.4, 0.5) is 0 Å². The van der Waals surface area contributed by atoms with Gasteiger partial charge in [-0.05, 0) is 42.2 Å². The normalized spacial score (nSPS) is 40.8. The van der Waals surface area contributed by atoms with Crippen molar-refractivity contribution >= 4 is 5.78 Å². The van der Waals surface area contributed by atoms with Crippen LogP contribution in [0, 0.1) is 16.7 Å². The molecule has 0 aromatic carbocycles. The number of rotatable bonds is 0. The first-order chi connectivity index (χ1) is 8.76. The van der Waals surface area contributed by atoms with E-state index in [9.17, 15) is 4.79 Å². The number of carbonyl (C=O) groups is 1. The Morgan fingerprint density at radius 1 is 1.32 bits per heavy atom. The number of allylic oxidation sites excluding steroid dienone is 2. The monoisotopic (exact) mass is 260 g/mol. The molecule has 0 N–H and O–H groups in total. The van der Waals surface area contributed by atoms with Gasteiger partial charge in [-0.15, -0.1) is 0 Å². The Bertz CT molecular complexity index is 497. The summed E-state index contributed by atoms with van der Waals surface area (Å²) >= 11 is 0. The van der Waals surface area contributed by atoms with Gasteiger partial charge in [-0.3, -0.25) is 4.79 Å². The molecule has 104 valence electrons. The first-order valence-electron chi connectivity index (χ1n) is 7.34. The molecule has 0 bridgehead atoms. The summed E-state index contributed by atoms with van der Waals surface area (Å²) in [6, 6.07) is 0. The van der Waals surface area contributed by atoms with E-state index in [0.717, 1.165) is 30.6 Å². The van der Waals surface area contributed by atoms with E-state index in [0.29, 0.717) is 18.1 Å². The van der Waals surface area contributed by atoms with Crippen molar-refractivity contribution in [3.8, 4) is 0 Å². The third-order valence-corrected chi connectivity index (χ3v) is 5.98. The average Bonchev–Trinajstić information content (AvgIpc) is 2.32. The molecule has 2 aliphatic carbocycles. The maximum absolute atomic E-state index is 12.4. The molecule has 0 aromatic heterocycles. The number of Topliss-reactive ketones (excluding diaryl/α,β-unsaturated/α-hetero) is 1. The summed E-state index contributed by atoms with van der Waals surface area (Å²) in [5, 5.41) is 0. The van der Waals surface area contributed by atoms with Crippen molar-refractivity contribution in [1.82, 2.24) is 0 Å². The summed E-state index contributed by atoms with van der Waals surface area (Å²) in [7, 11) is 0. The summed E-state index contributed by atoms with van der Waals surface area (Å²) in [5.41, 5.74) is 2.53. The van der Waals surface area contributed by atoms with Crippen molar-refractivity contribution < 1.29 is 9.53 Å². The van der Waals surface area contributed by atoms with Crippen molar-refractivity contribution in [2.75, 3.05) is 0 Å². The second-order valence-electron chi connectivity index (χ2n) is 7.42. The van der Waals surface area contributed by atoms with Crippen LogP contribution in [0.1, 0.15) is 53.4 Å². The molecule has 3 rings (SSSR count). The first-order valence-corrected chi connectivity index (χ1v) is 7.34. The predicted molar refractivity (Wildman–Crippen MR) is 75.6 cm³/mol. The molecule has 0 amide bonds. The molecule has 2 fully saturated rings. The zero-order valence-electron chi connectivity index (χ0n) is 12.5. The van der Waals surface area contributed by atoms with E-state index in [1.807, 2.05) is 6.92 Å². The Hall–Kier alpha value is -1.05. The van der Waals surface area contributed by atoms with Gasteiger partial charge in [0.2, 0.25) is 0 Å². The Morgan fingerprint density at radius 3 is 2.68 bits per heavy atom. The molecule has 1 saturated heterocycles. The lowest BCUT2D eigenvalue weighted by molar-refractivity contribution is -0.137. The minimum atomic E-state index is 0.0287. The fraction of sp³-hybridized carbons (Fsp3) is 0.706. The van der Waals surface area contributed by atoms with E-state index in [1.165, 1.54) is 5.57 Å². The highest BCUT2D eigenvalue weighted by Gasteiger charge is 2.59. The number of ether oxygens (including phenoxy) is 1. The lowest BCUT2D eigenvalue weighted by Crippen LogP contribution is -2.56. The molecule has 2 unspecified atom stereocenters. The molecule has 0 radical (unpaired) electrons. The number of ketones is 1. The van der Waals surface area contributed by atoms with Crippen LogP contribution in [0.15, 0.2) is 23.5 Å². The summed E-state index contributed by atoms with van der Waals surface area (Å²) < 4.78 is 6.07. The van der Waals surface area contributed by atoms with E-state index < -0.39 is 0 Å². The van der Waals surface area contributed by atoms with Crippen molar-refractivity contribution in [3.63, 3.8) is 0 Å². The summed E-state index contributed by atoms with van der Waals surface area (Å²) in [6.45, 7) is 13.0. The maximum Gasteiger partial charge on any atom is 0.158 e. The number of hydrogen-bond donors (Lipinski definition) is 0. The Labute approximate surface area is 115 Å². The SMILES string of the molecule is C=C1CC2=C(C)C(=O)CC3C(C)(C)CCC(O1)[C@]23C. The molecule has 2 nitrogen and oxygen atoms in total. The molecule has 3 aliphatic rings. The topological polar surface area (TPSA) is 26.3 Å². The minimum Gasteiger partial charge on any atom is -0.494 e. The molecule has 2 heteroatoms. The van der Waals surface area contributed by atoms with Gasteiger partial charge in [0, 0.05) is 18.3 Å². The van der Waals surface area contributed by atoms with Gasteiger partial charge in [-0.1, -0.05) is 27.4 Å². The van der Waals surface area contributed by atoms with Crippen LogP contribution >= 0.6 is 0 Å². The van der Waals surface area contributed by atoms with Crippen LogP contribution in [0.2, 0.25) is 0 Å². The molecule has 0 spiro atoms. The fourth-order valence-corrected chi connectivity index (χ4v) is 4.76. The lowest BCUT2D eigenvalue weighted by atomic mass is 9.48. The van der Waals surface area contributed by atoms with Crippen molar-refractivity contribution in [3.05, 3.63) is 23.5 Å². The summed E-state index contributed by atoms with van der Waals surface area (Å²) in [6.07, 6.45) is 3.85. The largest absolute Gasteiger partial charge is 0.494 e. The Balaban J connectivity index is 2.19. The van der Waals surface area contributed by atoms with Crippen molar-refractivity contribution in [2.45, 2.75) is 59.5 Å². The van der Waals surface area contributed by atoms with Crippen LogP contribution in [-0.4, -0.2) is 11.9 Å². The highest BCUT2D eigenvalue weighted by Crippen LogP contribution is 2.62. The molecule has 19 heavy (non-hydrogen) atoms. The van der Waals surface area contributed by atoms with Gasteiger partial charge in [-0.25, -0.2) is 0 Å². The maximum atomic E-state index is 12.4. The third-order valence-electron chi connectivity index (χ3n) is 5.98. The fourth-order valence-electron chi connectivity index (χ4n) is 4.76. The van der Waals surface area contributed by atoms with E-state index in [2.05, 4.69) is 27.4 Å². The van der Waals surface area contributed by atoms with Gasteiger partial charge in [0.25, 0.3) is 0 Å². The van der Waals surface area contributed by atoms with Crippen LogP contribution in [-0.2, 0) is 9.53 Å². The molecule has 3 atom stereocenters. The molecule has 1 heterocycles. The Kier molecular flexibility index (Phi) is 2.55. The van der Waals surface area contributed by atoms with Crippen molar-refractivity contribution in [2.24, 2.45) is 16.7 Å². The first kappa shape index (κ1) is 13.0. The van der Waals surface area contributed by atoms with Gasteiger partial charge in [0.1, 0.15) is 6.10 Å². The van der Waals surface area contributed by atoms with Gasteiger partial charge in [0.15, 0.2) is 5.78 Å². The van der Waals surface area contributed by atoms with Crippen LogP contribution < -0.4 is 0 Å². The molecule has 1 saturated carbocycles. The Morgan fingerprint density at radius 2 is 2.00 bits per heavy atom. The summed E-state index contributed by atoms with van der Waals surface area (Å²) in [5.74, 6) is 1.57. The highest BCUT2D eigenvalue weighted by atomic mass is 16.5. The van der Waals surface area contributed by atoms with Gasteiger partial charge in [0.05, 0.1) is 5.76 Å². The quantitative estimate of drug-likeness (QED) is 0.657. The minimum absolute atomic E-state index is 0.0287. The van der Waals surface area contributed by atoms with Gasteiger partial charge < -0.3 is 4.74 Å². The molecule has 0 aromatic rings. The van der Waals surface area contributed by atoms with Gasteiger partial charge >= 0.3 is 0 Å². The van der Waals surface area contributed by atoms with E-state index in [4.69, 9.17) is 4.74 Å². The molecular weight excluding hydrogens is 236 g/mol. The van der Waals surface area contributed by atoms with Crippen molar-refractivity contribution in [1.29, 1.82) is 0 Å². The zero-order chi connectivity index (χ0) is 14.0. The van der Waals surface area contributed by atoms with Gasteiger partial charge in [-0.2, -0.15) is 0 Å². The lowest BCUT2D eigenvalue weighted by Gasteiger charge is -2.59. The second-order valence-corrected chi connectivity index (χ2v) is 7.42. The average molecular weight is 260 g/mol. The van der Waals surface area contributed by atoms with Crippen LogP contribution in [0.25, 0.3) is 0 Å². The standard InChI is InChI=1S/C17H24O2/c1-10-8-12-11(2)13(18)9-14-16(3,4)7-6-15(19-10)17(12,14)5/h14-15H,1,6-9H2,2-5H3/t14?,15?,17-/m1/s1. The van der Waals surface area contributed by atoms with E-state index in [1.54, 1.807) is 0 Å². The highest BCUT2D eigenvalue weighted by molar-refractivity contribution is 5.97. The zero-order valence-corrected chi connectivity index (χ0v) is 12.5. The summed E-state index contributed by atoms with van der Waals surface area (Å²) in [4.78, 5) is 12.4. The second kappa shape index (κ2) is 3.74. The number of carbonyl (C=O) groups excluding carboxylic acids is 1. The van der Waals surface area contributed by atoms with E-state index >= 15 is 0 Å². The molecular formula is C17H24O2. The van der Waals surface area contributed by atoms with E-state index in [-0.39, 0.29) is 16.9 Å².